The van der Waals surface area contributed by atoms with Gasteiger partial charge in [-0.1, -0.05) is 66.5 Å². The molecular weight excluding hydrogens is 520 g/mol. The fraction of sp³-hybridized carbons (Fsp3) is 0.618. The van der Waals surface area contributed by atoms with Gasteiger partial charge < -0.3 is 20.4 Å². The molecule has 222 valence electrons. The number of aliphatic hydroxyl groups excluding tert-OH is 2. The Labute approximate surface area is 242 Å². The molecule has 5 rings (SSSR count). The molecule has 2 unspecified atom stereocenters. The van der Waals surface area contributed by atoms with E-state index >= 15 is 0 Å². The van der Waals surface area contributed by atoms with Crippen LogP contribution in [0.15, 0.2) is 34.8 Å². The predicted molar refractivity (Wildman–Crippen MR) is 155 cm³/mol. The fourth-order valence-corrected chi connectivity index (χ4v) is 9.15. The first kappa shape index (κ1) is 29.6. The summed E-state index contributed by atoms with van der Waals surface area (Å²) in [5, 5.41) is 46.8. The zero-order valence-electron chi connectivity index (χ0n) is 25.3. The molecule has 0 heterocycles. The number of hydrogen-bond acceptors (Lipinski definition) is 7. The van der Waals surface area contributed by atoms with Crippen LogP contribution in [-0.4, -0.2) is 43.4 Å². The lowest BCUT2D eigenvalue weighted by Gasteiger charge is -2.59. The molecule has 41 heavy (non-hydrogen) atoms. The third kappa shape index (κ3) is 3.90. The normalized spacial score (nSPS) is 36.2. The number of carbonyl (C=O) groups is 3. The average molecular weight is 565 g/mol. The van der Waals surface area contributed by atoms with Crippen LogP contribution in [0.5, 0.6) is 5.75 Å². The molecule has 1 fully saturated rings. The molecule has 7 heteroatoms. The lowest BCUT2D eigenvalue weighted by atomic mass is 9.44. The monoisotopic (exact) mass is 564 g/mol. The van der Waals surface area contributed by atoms with Crippen molar-refractivity contribution >= 4 is 17.3 Å². The topological polar surface area (TPSA) is 132 Å². The van der Waals surface area contributed by atoms with E-state index in [0.717, 1.165) is 32.6 Å². The first-order valence-corrected chi connectivity index (χ1v) is 15.1. The summed E-state index contributed by atoms with van der Waals surface area (Å²) < 4.78 is 0. The van der Waals surface area contributed by atoms with Crippen LogP contribution in [0.4, 0.5) is 0 Å². The van der Waals surface area contributed by atoms with Crippen LogP contribution in [0.1, 0.15) is 108 Å². The number of phenols is 1. The average Bonchev–Trinajstić information content (AvgIpc) is 2.86. The van der Waals surface area contributed by atoms with Gasteiger partial charge in [-0.15, -0.1) is 0 Å². The van der Waals surface area contributed by atoms with Crippen molar-refractivity contribution in [3.8, 4) is 5.75 Å². The quantitative estimate of drug-likeness (QED) is 0.317. The Bertz CT molecular complexity index is 1410. The summed E-state index contributed by atoms with van der Waals surface area (Å²) >= 11 is 0. The van der Waals surface area contributed by atoms with Crippen molar-refractivity contribution in [2.75, 3.05) is 0 Å². The van der Waals surface area contributed by atoms with E-state index in [2.05, 4.69) is 13.8 Å². The van der Waals surface area contributed by atoms with Crippen LogP contribution in [0, 0.1) is 34.5 Å². The van der Waals surface area contributed by atoms with Crippen molar-refractivity contribution in [2.24, 2.45) is 34.5 Å². The molecule has 5 atom stereocenters. The summed E-state index contributed by atoms with van der Waals surface area (Å²) in [7, 11) is 0. The Hall–Kier alpha value is -2.93. The number of aliphatic hydroxyl groups is 3. The van der Waals surface area contributed by atoms with Crippen LogP contribution in [-0.2, 0) is 16.0 Å². The third-order valence-corrected chi connectivity index (χ3v) is 11.2. The molecule has 4 N–H and O–H groups in total. The second kappa shape index (κ2) is 9.55. The fourth-order valence-electron chi connectivity index (χ4n) is 9.15. The van der Waals surface area contributed by atoms with Gasteiger partial charge in [-0.3, -0.25) is 14.4 Å². The molecule has 0 amide bonds. The molecule has 0 radical (unpaired) electrons. The van der Waals surface area contributed by atoms with Gasteiger partial charge in [0.15, 0.2) is 17.2 Å². The molecule has 4 aliphatic carbocycles. The predicted octanol–water partition coefficient (Wildman–Crippen LogP) is 6.28. The molecule has 1 aromatic rings. The summed E-state index contributed by atoms with van der Waals surface area (Å²) in [6.45, 7) is 12.6. The van der Waals surface area contributed by atoms with Gasteiger partial charge in [0.1, 0.15) is 22.8 Å². The van der Waals surface area contributed by atoms with Gasteiger partial charge in [-0.25, -0.2) is 0 Å². The van der Waals surface area contributed by atoms with Crippen LogP contribution < -0.4 is 0 Å². The lowest BCUT2D eigenvalue weighted by molar-refractivity contribution is -0.171. The number of Topliss-reactive ketones (excluding diaryl/α,β-unsaturated/α-hetero) is 3. The molecule has 0 saturated heterocycles. The maximum absolute atomic E-state index is 14.3. The molecule has 0 bridgehead atoms. The van der Waals surface area contributed by atoms with Crippen molar-refractivity contribution < 1.29 is 34.8 Å². The van der Waals surface area contributed by atoms with E-state index in [-0.39, 0.29) is 40.9 Å². The first-order valence-electron chi connectivity index (χ1n) is 15.1. The second-order valence-corrected chi connectivity index (χ2v) is 14.3. The SMILES string of the molecule is CC(=O)C1=C(O)C(C(C)C)[C@@]2(C)C[C@@]3(C)Cc4ccc(C(C)C5CCC(C)CC5)c(O)c4C(=O)C3=C(O)[C@@]2(O)C1=O. The maximum atomic E-state index is 14.3. The molecular formula is C34H44O7. The smallest absolute Gasteiger partial charge is 0.209 e. The van der Waals surface area contributed by atoms with E-state index < -0.39 is 51.0 Å². The van der Waals surface area contributed by atoms with Crippen molar-refractivity contribution in [1.82, 2.24) is 0 Å². The summed E-state index contributed by atoms with van der Waals surface area (Å²) in [6.07, 6.45) is 4.78. The first-order chi connectivity index (χ1) is 19.0. The molecule has 0 aliphatic heterocycles. The Morgan fingerprint density at radius 2 is 1.61 bits per heavy atom. The minimum Gasteiger partial charge on any atom is -0.511 e. The van der Waals surface area contributed by atoms with Gasteiger partial charge in [0.25, 0.3) is 0 Å². The van der Waals surface area contributed by atoms with E-state index in [1.165, 1.54) is 0 Å². The van der Waals surface area contributed by atoms with E-state index in [0.29, 0.717) is 29.4 Å². The largest absolute Gasteiger partial charge is 0.511 e. The molecule has 4 aliphatic rings. The van der Waals surface area contributed by atoms with Crippen LogP contribution >= 0.6 is 0 Å². The lowest BCUT2D eigenvalue weighted by Crippen LogP contribution is -2.67. The van der Waals surface area contributed by atoms with Crippen molar-refractivity contribution in [1.29, 1.82) is 0 Å². The van der Waals surface area contributed by atoms with Crippen LogP contribution in [0.3, 0.4) is 0 Å². The minimum absolute atomic E-state index is 0.0354. The summed E-state index contributed by atoms with van der Waals surface area (Å²) in [4.78, 5) is 40.6. The molecule has 1 aromatic carbocycles. The highest BCUT2D eigenvalue weighted by molar-refractivity contribution is 6.25. The number of allylic oxidation sites excluding steroid dienone is 2. The summed E-state index contributed by atoms with van der Waals surface area (Å²) in [5.41, 5.74) is -4.16. The van der Waals surface area contributed by atoms with Gasteiger partial charge >= 0.3 is 0 Å². The zero-order chi connectivity index (χ0) is 30.4. The standard InChI is InChI=1S/C34H44O7/c1-16(2)25-28(37)23(19(5)35)30(39)34(41)31(40)26-29(38)24-21(14-32(26,6)15-33(25,34)7)12-13-22(27(24)36)18(4)20-10-8-17(3)9-11-20/h12-13,16-18,20,25,36-37,40-41H,8-11,14-15H2,1-7H3/t17?,18?,20?,25?,32-,33-,34+/m1/s1. The third-order valence-electron chi connectivity index (χ3n) is 11.2. The van der Waals surface area contributed by atoms with Crippen LogP contribution in [0.2, 0.25) is 0 Å². The highest BCUT2D eigenvalue weighted by Gasteiger charge is 2.71. The van der Waals surface area contributed by atoms with E-state index in [9.17, 15) is 34.8 Å². The second-order valence-electron chi connectivity index (χ2n) is 14.3. The Morgan fingerprint density at radius 3 is 2.17 bits per heavy atom. The number of rotatable bonds is 4. The van der Waals surface area contributed by atoms with Gasteiger partial charge in [-0.2, -0.15) is 0 Å². The van der Waals surface area contributed by atoms with Crippen molar-refractivity contribution in [3.63, 3.8) is 0 Å². The molecule has 0 aromatic heterocycles. The Kier molecular flexibility index (Phi) is 6.88. The van der Waals surface area contributed by atoms with E-state index in [1.54, 1.807) is 6.92 Å². The number of phenolic OH excluding ortho intramolecular Hbond substituents is 1. The van der Waals surface area contributed by atoms with Crippen molar-refractivity contribution in [3.05, 3.63) is 51.5 Å². The Balaban J connectivity index is 1.68. The number of fused-ring (bicyclic) bond motifs is 3. The highest BCUT2D eigenvalue weighted by Crippen LogP contribution is 2.65. The summed E-state index contributed by atoms with van der Waals surface area (Å²) in [5.74, 6) is -3.67. The Morgan fingerprint density at radius 1 is 1.00 bits per heavy atom. The highest BCUT2D eigenvalue weighted by atomic mass is 16.3. The van der Waals surface area contributed by atoms with Gasteiger partial charge in [0, 0.05) is 22.3 Å². The zero-order valence-corrected chi connectivity index (χ0v) is 25.3. The molecule has 7 nitrogen and oxygen atoms in total. The number of carbonyl (C=O) groups excluding carboxylic acids is 3. The van der Waals surface area contributed by atoms with Gasteiger partial charge in [0.2, 0.25) is 5.78 Å². The van der Waals surface area contributed by atoms with E-state index in [4.69, 9.17) is 0 Å². The van der Waals surface area contributed by atoms with Crippen LogP contribution in [0.25, 0.3) is 0 Å². The molecule has 1 saturated carbocycles. The number of ketones is 3. The van der Waals surface area contributed by atoms with Gasteiger partial charge in [0.05, 0.1) is 5.56 Å². The maximum Gasteiger partial charge on any atom is 0.209 e. The summed E-state index contributed by atoms with van der Waals surface area (Å²) in [6, 6.07) is 3.81. The van der Waals surface area contributed by atoms with Gasteiger partial charge in [-0.05, 0) is 67.4 Å². The number of benzene rings is 1. The number of hydrogen-bond donors (Lipinski definition) is 4. The minimum atomic E-state index is -2.59. The number of aromatic hydroxyl groups is 1. The van der Waals surface area contributed by atoms with E-state index in [1.807, 2.05) is 32.9 Å². The molecule has 0 spiro atoms. The van der Waals surface area contributed by atoms with Crippen molar-refractivity contribution in [2.45, 2.75) is 98.5 Å².